The quantitative estimate of drug-likeness (QED) is 0.876. The Bertz CT molecular complexity index is 555. The number of benzene rings is 1. The van der Waals surface area contributed by atoms with E-state index in [9.17, 15) is 0 Å². The van der Waals surface area contributed by atoms with E-state index in [1.54, 1.807) is 11.8 Å². The van der Waals surface area contributed by atoms with Crippen LogP contribution in [0.25, 0.3) is 0 Å². The number of hydrogen-bond donors (Lipinski definition) is 1. The minimum atomic E-state index is 0. The molecule has 0 spiro atoms. The average molecular weight is 312 g/mol. The van der Waals surface area contributed by atoms with Crippen LogP contribution >= 0.6 is 24.2 Å². The number of halogens is 1. The molecule has 0 amide bonds. The highest BCUT2D eigenvalue weighted by Crippen LogP contribution is 2.26. The summed E-state index contributed by atoms with van der Waals surface area (Å²) >= 11 is 1.59. The van der Waals surface area contributed by atoms with Gasteiger partial charge in [0.05, 0.1) is 6.04 Å². The Morgan fingerprint density at radius 3 is 3.05 bits per heavy atom. The zero-order chi connectivity index (χ0) is 13.1. The molecule has 0 saturated carbocycles. The van der Waals surface area contributed by atoms with Gasteiger partial charge in [0.1, 0.15) is 0 Å². The van der Waals surface area contributed by atoms with Crippen molar-refractivity contribution >= 4 is 24.2 Å². The molecule has 1 aliphatic heterocycles. The van der Waals surface area contributed by atoms with Gasteiger partial charge in [-0.25, -0.2) is 0 Å². The smallest absolute Gasteiger partial charge is 0.276 e. The third-order valence-corrected chi connectivity index (χ3v) is 4.11. The van der Waals surface area contributed by atoms with Crippen LogP contribution in [0.5, 0.6) is 0 Å². The molecule has 0 aliphatic carbocycles. The Morgan fingerprint density at radius 2 is 2.30 bits per heavy atom. The monoisotopic (exact) mass is 311 g/mol. The number of nitrogens with one attached hydrogen (secondary N) is 1. The van der Waals surface area contributed by atoms with E-state index >= 15 is 0 Å². The summed E-state index contributed by atoms with van der Waals surface area (Å²) in [5.74, 6) is 1.59. The first-order chi connectivity index (χ1) is 9.31. The van der Waals surface area contributed by atoms with E-state index in [0.717, 1.165) is 24.6 Å². The van der Waals surface area contributed by atoms with E-state index in [1.807, 2.05) is 0 Å². The predicted octanol–water partition coefficient (Wildman–Crippen LogP) is 3.52. The van der Waals surface area contributed by atoms with E-state index in [1.165, 1.54) is 17.5 Å². The summed E-state index contributed by atoms with van der Waals surface area (Å²) in [7, 11) is 0. The van der Waals surface area contributed by atoms with Gasteiger partial charge in [-0.2, -0.15) is 0 Å². The summed E-state index contributed by atoms with van der Waals surface area (Å²) in [6, 6.07) is 8.73. The largest absolute Gasteiger partial charge is 0.414 e. The standard InChI is InChI=1S/C14H17N3OS.ClH/c1-10-4-2-5-11(8-10)9-19-14-17-16-13(18-14)12-6-3-7-15-12;/h2,4-5,8,12,15H,3,6-7,9H2,1H3;1H. The molecule has 1 aliphatic rings. The molecule has 1 unspecified atom stereocenters. The molecule has 6 heteroatoms. The lowest BCUT2D eigenvalue weighted by molar-refractivity contribution is 0.374. The van der Waals surface area contributed by atoms with Crippen molar-refractivity contribution in [2.75, 3.05) is 6.54 Å². The van der Waals surface area contributed by atoms with Gasteiger partial charge in [0.25, 0.3) is 5.22 Å². The summed E-state index contributed by atoms with van der Waals surface area (Å²) in [5, 5.41) is 12.3. The van der Waals surface area contributed by atoms with Gasteiger partial charge in [-0.3, -0.25) is 0 Å². The lowest BCUT2D eigenvalue weighted by Gasteiger charge is -2.02. The van der Waals surface area contributed by atoms with Crippen molar-refractivity contribution in [3.63, 3.8) is 0 Å². The van der Waals surface area contributed by atoms with Crippen molar-refractivity contribution in [1.29, 1.82) is 0 Å². The van der Waals surface area contributed by atoms with Crippen molar-refractivity contribution < 1.29 is 4.42 Å². The summed E-state index contributed by atoms with van der Waals surface area (Å²) in [4.78, 5) is 0. The molecule has 2 aromatic rings. The van der Waals surface area contributed by atoms with E-state index in [2.05, 4.69) is 46.7 Å². The fraction of sp³-hybridized carbons (Fsp3) is 0.429. The SMILES string of the molecule is Cc1cccc(CSc2nnc(C3CCCN3)o2)c1.Cl. The topological polar surface area (TPSA) is 51.0 Å². The van der Waals surface area contributed by atoms with Crippen LogP contribution < -0.4 is 5.32 Å². The van der Waals surface area contributed by atoms with E-state index in [0.29, 0.717) is 5.22 Å². The van der Waals surface area contributed by atoms with Gasteiger partial charge >= 0.3 is 0 Å². The van der Waals surface area contributed by atoms with Crippen LogP contribution in [0.2, 0.25) is 0 Å². The molecule has 1 aromatic heterocycles. The van der Waals surface area contributed by atoms with Crippen LogP contribution in [0.4, 0.5) is 0 Å². The number of thioether (sulfide) groups is 1. The maximum Gasteiger partial charge on any atom is 0.276 e. The Labute approximate surface area is 129 Å². The van der Waals surface area contributed by atoms with Crippen molar-refractivity contribution in [3.8, 4) is 0 Å². The van der Waals surface area contributed by atoms with Crippen molar-refractivity contribution in [2.45, 2.75) is 36.8 Å². The number of rotatable bonds is 4. The number of nitrogens with zero attached hydrogens (tertiary/aromatic N) is 2. The molecule has 2 heterocycles. The number of aromatic nitrogens is 2. The maximum atomic E-state index is 5.70. The Balaban J connectivity index is 0.00000147. The third-order valence-electron chi connectivity index (χ3n) is 3.23. The first-order valence-electron chi connectivity index (χ1n) is 6.56. The second kappa shape index (κ2) is 7.11. The highest BCUT2D eigenvalue weighted by atomic mass is 35.5. The molecule has 1 N–H and O–H groups in total. The fourth-order valence-electron chi connectivity index (χ4n) is 2.26. The Kier molecular flexibility index (Phi) is 5.46. The first kappa shape index (κ1) is 15.4. The van der Waals surface area contributed by atoms with Gasteiger partial charge in [0.15, 0.2) is 0 Å². The predicted molar refractivity (Wildman–Crippen MR) is 82.3 cm³/mol. The van der Waals surface area contributed by atoms with E-state index < -0.39 is 0 Å². The Hall–Kier alpha value is -1.04. The van der Waals surface area contributed by atoms with Crippen LogP contribution in [-0.2, 0) is 5.75 Å². The van der Waals surface area contributed by atoms with Crippen molar-refractivity contribution in [3.05, 3.63) is 41.3 Å². The summed E-state index contributed by atoms with van der Waals surface area (Å²) in [5.41, 5.74) is 2.56. The third kappa shape index (κ3) is 3.75. The first-order valence-corrected chi connectivity index (χ1v) is 7.55. The molecular formula is C14H18ClN3OS. The lowest BCUT2D eigenvalue weighted by Crippen LogP contribution is -2.12. The molecule has 20 heavy (non-hydrogen) atoms. The lowest BCUT2D eigenvalue weighted by atomic mass is 10.2. The molecule has 3 rings (SSSR count). The minimum absolute atomic E-state index is 0. The van der Waals surface area contributed by atoms with Crippen molar-refractivity contribution in [1.82, 2.24) is 15.5 Å². The van der Waals surface area contributed by atoms with Gasteiger partial charge in [-0.1, -0.05) is 41.6 Å². The Morgan fingerprint density at radius 1 is 1.40 bits per heavy atom. The molecule has 4 nitrogen and oxygen atoms in total. The fourth-order valence-corrected chi connectivity index (χ4v) is 2.97. The van der Waals surface area contributed by atoms with Crippen molar-refractivity contribution in [2.24, 2.45) is 0 Å². The molecule has 0 bridgehead atoms. The minimum Gasteiger partial charge on any atom is -0.414 e. The molecule has 108 valence electrons. The molecule has 1 aromatic carbocycles. The zero-order valence-corrected chi connectivity index (χ0v) is 13.0. The van der Waals surface area contributed by atoms with Gasteiger partial charge < -0.3 is 9.73 Å². The maximum absolute atomic E-state index is 5.70. The number of hydrogen-bond acceptors (Lipinski definition) is 5. The highest BCUT2D eigenvalue weighted by molar-refractivity contribution is 7.98. The van der Waals surface area contributed by atoms with Gasteiger partial charge in [0, 0.05) is 5.75 Å². The second-order valence-corrected chi connectivity index (χ2v) is 5.76. The van der Waals surface area contributed by atoms with Crippen LogP contribution in [0.15, 0.2) is 33.9 Å². The summed E-state index contributed by atoms with van der Waals surface area (Å²) in [6.07, 6.45) is 2.27. The molecule has 0 radical (unpaired) electrons. The molecule has 1 atom stereocenters. The highest BCUT2D eigenvalue weighted by Gasteiger charge is 2.22. The number of aryl methyl sites for hydroxylation is 1. The van der Waals surface area contributed by atoms with Crippen LogP contribution in [0.1, 0.15) is 35.9 Å². The normalized spacial score (nSPS) is 17.9. The van der Waals surface area contributed by atoms with Crippen LogP contribution in [0.3, 0.4) is 0 Å². The van der Waals surface area contributed by atoms with E-state index in [4.69, 9.17) is 4.42 Å². The van der Waals surface area contributed by atoms with Crippen LogP contribution in [-0.4, -0.2) is 16.7 Å². The average Bonchev–Trinajstić information content (AvgIpc) is 3.07. The van der Waals surface area contributed by atoms with Gasteiger partial charge in [-0.05, 0) is 31.9 Å². The summed E-state index contributed by atoms with van der Waals surface area (Å²) in [6.45, 7) is 3.14. The van der Waals surface area contributed by atoms with Gasteiger partial charge in [-0.15, -0.1) is 22.6 Å². The molecule has 1 saturated heterocycles. The molecular weight excluding hydrogens is 294 g/mol. The second-order valence-electron chi connectivity index (χ2n) is 4.83. The zero-order valence-electron chi connectivity index (χ0n) is 11.3. The summed E-state index contributed by atoms with van der Waals surface area (Å²) < 4.78 is 5.70. The van der Waals surface area contributed by atoms with Crippen LogP contribution in [0, 0.1) is 6.92 Å². The van der Waals surface area contributed by atoms with Gasteiger partial charge in [0.2, 0.25) is 5.89 Å². The molecule has 1 fully saturated rings. The van der Waals surface area contributed by atoms with E-state index in [-0.39, 0.29) is 18.4 Å².